The van der Waals surface area contributed by atoms with E-state index in [0.717, 1.165) is 19.3 Å². The lowest BCUT2D eigenvalue weighted by molar-refractivity contribution is -0.385. The van der Waals surface area contributed by atoms with Crippen LogP contribution in [-0.2, 0) is 6.42 Å². The number of hydrogen-bond acceptors (Lipinski definition) is 6. The first-order valence-electron chi connectivity index (χ1n) is 7.32. The van der Waals surface area contributed by atoms with E-state index in [0.29, 0.717) is 24.7 Å². The molecule has 1 N–H and O–H groups in total. The lowest BCUT2D eigenvalue weighted by Crippen LogP contribution is -2.12. The molecular formula is C14H24N4O3. The Bertz CT molecular complexity index is 478. The summed E-state index contributed by atoms with van der Waals surface area (Å²) in [5, 5.41) is 14.3. The summed E-state index contributed by atoms with van der Waals surface area (Å²) in [6, 6.07) is 0. The highest BCUT2D eigenvalue weighted by Crippen LogP contribution is 2.32. The molecule has 7 heteroatoms. The summed E-state index contributed by atoms with van der Waals surface area (Å²) in [6.45, 7) is 6.85. The lowest BCUT2D eigenvalue weighted by Gasteiger charge is -2.11. The highest BCUT2D eigenvalue weighted by Gasteiger charge is 2.25. The molecule has 0 bridgehead atoms. The molecular weight excluding hydrogens is 272 g/mol. The number of ether oxygens (including phenoxy) is 1. The van der Waals surface area contributed by atoms with Crippen LogP contribution in [-0.4, -0.2) is 28.5 Å². The number of nitrogens with one attached hydrogen (secondary N) is 1. The van der Waals surface area contributed by atoms with E-state index in [1.54, 1.807) is 0 Å². The number of anilines is 1. The maximum absolute atomic E-state index is 11.2. The van der Waals surface area contributed by atoms with Gasteiger partial charge in [-0.15, -0.1) is 0 Å². The Morgan fingerprint density at radius 1 is 1.33 bits per heavy atom. The van der Waals surface area contributed by atoms with Crippen LogP contribution >= 0.6 is 0 Å². The lowest BCUT2D eigenvalue weighted by atomic mass is 10.1. The summed E-state index contributed by atoms with van der Waals surface area (Å²) in [6.07, 6.45) is 3.76. The summed E-state index contributed by atoms with van der Waals surface area (Å²) in [4.78, 5) is 19.2. The fraction of sp³-hybridized carbons (Fsp3) is 0.714. The molecule has 0 atom stereocenters. The average molecular weight is 296 g/mol. The fourth-order valence-electron chi connectivity index (χ4n) is 1.95. The molecule has 21 heavy (non-hydrogen) atoms. The van der Waals surface area contributed by atoms with Crippen LogP contribution < -0.4 is 10.1 Å². The number of methoxy groups -OCH3 is 1. The molecule has 0 spiro atoms. The number of rotatable bonds is 9. The summed E-state index contributed by atoms with van der Waals surface area (Å²) >= 11 is 0. The van der Waals surface area contributed by atoms with Crippen LogP contribution in [0.2, 0.25) is 0 Å². The predicted octanol–water partition coefficient (Wildman–Crippen LogP) is 3.19. The van der Waals surface area contributed by atoms with Crippen LogP contribution in [0, 0.1) is 16.0 Å². The first-order chi connectivity index (χ1) is 9.99. The summed E-state index contributed by atoms with van der Waals surface area (Å²) in [5.41, 5.74) is -0.193. The summed E-state index contributed by atoms with van der Waals surface area (Å²) in [5.74, 6) is 1.19. The normalized spacial score (nSPS) is 10.7. The van der Waals surface area contributed by atoms with Crippen LogP contribution in [0.25, 0.3) is 0 Å². The summed E-state index contributed by atoms with van der Waals surface area (Å²) in [7, 11) is 1.38. The van der Waals surface area contributed by atoms with Crippen LogP contribution in [0.5, 0.6) is 5.88 Å². The Hall–Kier alpha value is -1.92. The molecule has 0 saturated heterocycles. The van der Waals surface area contributed by atoms with E-state index in [4.69, 9.17) is 4.74 Å². The topological polar surface area (TPSA) is 90.2 Å². The van der Waals surface area contributed by atoms with E-state index in [-0.39, 0.29) is 17.4 Å². The van der Waals surface area contributed by atoms with Gasteiger partial charge in [0.25, 0.3) is 5.88 Å². The zero-order valence-electron chi connectivity index (χ0n) is 13.2. The van der Waals surface area contributed by atoms with Gasteiger partial charge >= 0.3 is 5.69 Å². The summed E-state index contributed by atoms with van der Waals surface area (Å²) < 4.78 is 5.06. The first-order valence-corrected chi connectivity index (χ1v) is 7.32. The van der Waals surface area contributed by atoms with Crippen LogP contribution in [0.15, 0.2) is 0 Å². The second kappa shape index (κ2) is 8.39. The van der Waals surface area contributed by atoms with Gasteiger partial charge in [-0.05, 0) is 12.3 Å². The van der Waals surface area contributed by atoms with Crippen molar-refractivity contribution in [1.82, 2.24) is 9.97 Å². The smallest absolute Gasteiger partial charge is 0.372 e. The van der Waals surface area contributed by atoms with E-state index in [1.165, 1.54) is 7.11 Å². The third-order valence-corrected chi connectivity index (χ3v) is 2.94. The van der Waals surface area contributed by atoms with Gasteiger partial charge in [0, 0.05) is 13.0 Å². The second-order valence-corrected chi connectivity index (χ2v) is 5.34. The molecule has 1 aromatic rings. The zero-order chi connectivity index (χ0) is 15.8. The number of unbranched alkanes of at least 4 members (excludes halogenated alkanes) is 2. The average Bonchev–Trinajstić information content (AvgIpc) is 2.41. The zero-order valence-corrected chi connectivity index (χ0v) is 13.2. The second-order valence-electron chi connectivity index (χ2n) is 5.34. The first kappa shape index (κ1) is 17.1. The molecule has 118 valence electrons. The van der Waals surface area contributed by atoms with Crippen molar-refractivity contribution in [3.8, 4) is 5.88 Å². The molecule has 0 aliphatic heterocycles. The van der Waals surface area contributed by atoms with Gasteiger partial charge in [0.15, 0.2) is 0 Å². The van der Waals surface area contributed by atoms with E-state index in [1.807, 2.05) is 13.8 Å². The van der Waals surface area contributed by atoms with Crippen LogP contribution in [0.4, 0.5) is 11.5 Å². The van der Waals surface area contributed by atoms with Crippen molar-refractivity contribution in [1.29, 1.82) is 0 Å². The van der Waals surface area contributed by atoms with E-state index in [2.05, 4.69) is 22.2 Å². The molecule has 0 saturated carbocycles. The predicted molar refractivity (Wildman–Crippen MR) is 81.8 cm³/mol. The molecule has 0 unspecified atom stereocenters. The Labute approximate surface area is 125 Å². The fourth-order valence-corrected chi connectivity index (χ4v) is 1.95. The van der Waals surface area contributed by atoms with Crippen molar-refractivity contribution in [2.45, 2.75) is 46.5 Å². The van der Waals surface area contributed by atoms with Gasteiger partial charge in [-0.3, -0.25) is 10.1 Å². The Morgan fingerprint density at radius 3 is 2.57 bits per heavy atom. The van der Waals surface area contributed by atoms with E-state index in [9.17, 15) is 10.1 Å². The molecule has 0 aliphatic carbocycles. The maximum atomic E-state index is 11.2. The maximum Gasteiger partial charge on any atom is 0.372 e. The van der Waals surface area contributed by atoms with Crippen molar-refractivity contribution < 1.29 is 9.66 Å². The van der Waals surface area contributed by atoms with Gasteiger partial charge in [0.1, 0.15) is 5.82 Å². The van der Waals surface area contributed by atoms with E-state index < -0.39 is 4.92 Å². The number of nitrogens with zero attached hydrogens (tertiary/aromatic N) is 3. The van der Waals surface area contributed by atoms with Crippen molar-refractivity contribution in [2.24, 2.45) is 5.92 Å². The third kappa shape index (κ3) is 5.17. The number of aromatic nitrogens is 2. The largest absolute Gasteiger partial charge is 0.476 e. The molecule has 0 radical (unpaired) electrons. The molecule has 7 nitrogen and oxygen atoms in total. The van der Waals surface area contributed by atoms with E-state index >= 15 is 0 Å². The SMILES string of the molecule is CCCCCNc1nc(CC(C)C)nc(OC)c1[N+](=O)[O-]. The standard InChI is InChI=1S/C14H24N4O3/c1-5-6-7-8-15-13-12(18(19)20)14(21-4)17-11(16-13)9-10(2)3/h10H,5-9H2,1-4H3,(H,15,16,17). The van der Waals surface area contributed by atoms with Gasteiger partial charge in [0.2, 0.25) is 5.82 Å². The Balaban J connectivity index is 3.06. The van der Waals surface area contributed by atoms with Crippen molar-refractivity contribution in [2.75, 3.05) is 19.0 Å². The highest BCUT2D eigenvalue weighted by molar-refractivity contribution is 5.61. The van der Waals surface area contributed by atoms with Gasteiger partial charge in [-0.2, -0.15) is 4.98 Å². The van der Waals surface area contributed by atoms with Crippen molar-refractivity contribution in [3.63, 3.8) is 0 Å². The minimum Gasteiger partial charge on any atom is -0.476 e. The Morgan fingerprint density at radius 2 is 2.05 bits per heavy atom. The highest BCUT2D eigenvalue weighted by atomic mass is 16.6. The van der Waals surface area contributed by atoms with Crippen LogP contribution in [0.3, 0.4) is 0 Å². The minimum atomic E-state index is -0.500. The Kier molecular flexibility index (Phi) is 6.84. The molecule has 1 heterocycles. The van der Waals surface area contributed by atoms with Crippen molar-refractivity contribution in [3.05, 3.63) is 15.9 Å². The third-order valence-electron chi connectivity index (χ3n) is 2.94. The van der Waals surface area contributed by atoms with Crippen molar-refractivity contribution >= 4 is 11.5 Å². The minimum absolute atomic E-state index is 0.0173. The monoisotopic (exact) mass is 296 g/mol. The van der Waals surface area contributed by atoms with Gasteiger partial charge in [-0.25, -0.2) is 4.98 Å². The number of nitro groups is 1. The molecule has 1 aromatic heterocycles. The number of hydrogen-bond donors (Lipinski definition) is 1. The molecule has 0 aliphatic rings. The quantitative estimate of drug-likeness (QED) is 0.427. The molecule has 1 rings (SSSR count). The molecule has 0 amide bonds. The van der Waals surface area contributed by atoms with Gasteiger partial charge in [-0.1, -0.05) is 33.6 Å². The van der Waals surface area contributed by atoms with Gasteiger partial charge < -0.3 is 10.1 Å². The van der Waals surface area contributed by atoms with Gasteiger partial charge in [0.05, 0.1) is 12.0 Å². The van der Waals surface area contributed by atoms with Crippen LogP contribution in [0.1, 0.15) is 45.9 Å². The molecule has 0 fully saturated rings. The molecule has 0 aromatic carbocycles.